The van der Waals surface area contributed by atoms with Gasteiger partial charge in [-0.1, -0.05) is 12.1 Å². The van der Waals surface area contributed by atoms with Crippen LogP contribution < -0.4 is 10.5 Å². The number of sulfonamides is 1. The minimum absolute atomic E-state index is 0.0142. The lowest BCUT2D eigenvalue weighted by molar-refractivity contribution is 0.602. The number of nitrogen functional groups attached to an aromatic ring is 1. The van der Waals surface area contributed by atoms with Gasteiger partial charge in [0.25, 0.3) is 0 Å². The molecule has 0 atom stereocenters. The molecule has 21 heavy (non-hydrogen) atoms. The van der Waals surface area contributed by atoms with Crippen LogP contribution in [-0.2, 0) is 10.0 Å². The summed E-state index contributed by atoms with van der Waals surface area (Å²) in [4.78, 5) is 4.95. The lowest BCUT2D eigenvalue weighted by atomic mass is 10.3. The van der Waals surface area contributed by atoms with E-state index in [0.717, 1.165) is 4.90 Å². The number of hydrogen-bond acceptors (Lipinski definition) is 5. The van der Waals surface area contributed by atoms with E-state index >= 15 is 0 Å². The fourth-order valence-corrected chi connectivity index (χ4v) is 4.18. The molecule has 2 aromatic rings. The molecule has 0 aliphatic carbocycles. The number of para-hydroxylation sites is 1. The van der Waals surface area contributed by atoms with E-state index in [1.165, 1.54) is 11.8 Å². The highest BCUT2D eigenvalue weighted by Gasteiger charge is 2.12. The summed E-state index contributed by atoms with van der Waals surface area (Å²) in [6, 6.07) is 10.8. The fraction of sp³-hybridized carbons (Fsp3) is 0.214. The van der Waals surface area contributed by atoms with Crippen LogP contribution in [-0.4, -0.2) is 24.9 Å². The van der Waals surface area contributed by atoms with Crippen LogP contribution in [0.15, 0.2) is 47.5 Å². The van der Waals surface area contributed by atoms with E-state index in [4.69, 9.17) is 5.73 Å². The number of thioether (sulfide) groups is 1. The lowest BCUT2D eigenvalue weighted by Crippen LogP contribution is -2.19. The summed E-state index contributed by atoms with van der Waals surface area (Å²) >= 11 is 1.43. The Morgan fingerprint density at radius 3 is 2.71 bits per heavy atom. The lowest BCUT2D eigenvalue weighted by Gasteiger charge is -2.10. The van der Waals surface area contributed by atoms with E-state index in [9.17, 15) is 8.42 Å². The quantitative estimate of drug-likeness (QED) is 0.630. The minimum Gasteiger partial charge on any atom is -0.398 e. The summed E-state index contributed by atoms with van der Waals surface area (Å²) in [6.07, 6.45) is 1.63. The molecule has 0 bridgehead atoms. The summed E-state index contributed by atoms with van der Waals surface area (Å²) in [5.41, 5.74) is 7.65. The SMILES string of the molecule is Cc1ncccc1NS(=O)(=O)CCSc1ccccc1N. The number of hydrogen-bond donors (Lipinski definition) is 2. The van der Waals surface area contributed by atoms with Crippen LogP contribution in [0.5, 0.6) is 0 Å². The van der Waals surface area contributed by atoms with Crippen molar-refractivity contribution in [2.24, 2.45) is 0 Å². The molecule has 1 aromatic carbocycles. The second kappa shape index (κ2) is 6.82. The fourth-order valence-electron chi connectivity index (χ4n) is 1.68. The molecule has 3 N–H and O–H groups in total. The Kier molecular flexibility index (Phi) is 5.08. The Balaban J connectivity index is 1.93. The predicted octanol–water partition coefficient (Wildman–Crippen LogP) is 2.51. The monoisotopic (exact) mass is 323 g/mol. The maximum Gasteiger partial charge on any atom is 0.233 e. The van der Waals surface area contributed by atoms with Gasteiger partial charge in [0.1, 0.15) is 0 Å². The molecule has 0 unspecified atom stereocenters. The third kappa shape index (κ3) is 4.64. The predicted molar refractivity (Wildman–Crippen MR) is 88.0 cm³/mol. The topological polar surface area (TPSA) is 85.1 Å². The second-order valence-corrected chi connectivity index (χ2v) is 7.42. The van der Waals surface area contributed by atoms with Gasteiger partial charge in [-0.2, -0.15) is 0 Å². The van der Waals surface area contributed by atoms with Crippen molar-refractivity contribution in [1.82, 2.24) is 4.98 Å². The molecule has 1 aromatic heterocycles. The summed E-state index contributed by atoms with van der Waals surface area (Å²) < 4.78 is 26.6. The van der Waals surface area contributed by atoms with Gasteiger partial charge in [0, 0.05) is 22.5 Å². The maximum absolute atomic E-state index is 12.0. The van der Waals surface area contributed by atoms with Crippen LogP contribution in [0.4, 0.5) is 11.4 Å². The summed E-state index contributed by atoms with van der Waals surface area (Å²) in [5, 5.41) is 0. The van der Waals surface area contributed by atoms with E-state index in [2.05, 4.69) is 9.71 Å². The molecule has 0 aliphatic rings. The normalized spacial score (nSPS) is 11.3. The largest absolute Gasteiger partial charge is 0.398 e. The van der Waals surface area contributed by atoms with Crippen LogP contribution in [0.3, 0.4) is 0 Å². The third-order valence-electron chi connectivity index (χ3n) is 2.80. The maximum atomic E-state index is 12.0. The molecule has 0 saturated heterocycles. The minimum atomic E-state index is -3.39. The molecular formula is C14H17N3O2S2. The van der Waals surface area contributed by atoms with Crippen LogP contribution in [0.1, 0.15) is 5.69 Å². The molecule has 0 saturated carbocycles. The summed E-state index contributed by atoms with van der Waals surface area (Å²) in [5.74, 6) is 0.448. The van der Waals surface area contributed by atoms with Gasteiger partial charge in [0.15, 0.2) is 0 Å². The van der Waals surface area contributed by atoms with Crippen LogP contribution in [0.2, 0.25) is 0 Å². The van der Waals surface area contributed by atoms with Crippen molar-refractivity contribution in [3.05, 3.63) is 48.3 Å². The smallest absolute Gasteiger partial charge is 0.233 e. The van der Waals surface area contributed by atoms with Crippen molar-refractivity contribution in [2.45, 2.75) is 11.8 Å². The number of pyridine rings is 1. The average molecular weight is 323 g/mol. The van der Waals surface area contributed by atoms with Gasteiger partial charge in [0.05, 0.1) is 17.1 Å². The molecule has 0 amide bonds. The zero-order valence-corrected chi connectivity index (χ0v) is 13.2. The second-order valence-electron chi connectivity index (χ2n) is 4.44. The zero-order valence-electron chi connectivity index (χ0n) is 11.6. The molecule has 7 heteroatoms. The molecule has 112 valence electrons. The van der Waals surface area contributed by atoms with Gasteiger partial charge >= 0.3 is 0 Å². The van der Waals surface area contributed by atoms with Crippen molar-refractivity contribution in [1.29, 1.82) is 0 Å². The Labute approximate surface area is 129 Å². The number of nitrogens with one attached hydrogen (secondary N) is 1. The Morgan fingerprint density at radius 2 is 2.00 bits per heavy atom. The highest BCUT2D eigenvalue weighted by Crippen LogP contribution is 2.24. The number of anilines is 2. The Bertz CT molecular complexity index is 718. The highest BCUT2D eigenvalue weighted by molar-refractivity contribution is 8.01. The molecule has 2 rings (SSSR count). The first-order valence-corrected chi connectivity index (χ1v) is 9.01. The summed E-state index contributed by atoms with van der Waals surface area (Å²) in [6.45, 7) is 1.76. The average Bonchev–Trinajstić information content (AvgIpc) is 2.43. The number of rotatable bonds is 6. The van der Waals surface area contributed by atoms with E-state index < -0.39 is 10.0 Å². The van der Waals surface area contributed by atoms with Crippen molar-refractivity contribution >= 4 is 33.2 Å². The Hall–Kier alpha value is -1.73. The zero-order chi connectivity index (χ0) is 15.3. The first-order chi connectivity index (χ1) is 9.98. The number of nitrogens with two attached hydrogens (primary N) is 1. The number of aryl methyl sites for hydroxylation is 1. The van der Waals surface area contributed by atoms with Crippen LogP contribution in [0, 0.1) is 6.92 Å². The molecule has 5 nitrogen and oxygen atoms in total. The van der Waals surface area contributed by atoms with Gasteiger partial charge in [-0.3, -0.25) is 9.71 Å². The number of benzene rings is 1. The molecule has 0 radical (unpaired) electrons. The molecule has 1 heterocycles. The van der Waals surface area contributed by atoms with Gasteiger partial charge in [-0.05, 0) is 31.2 Å². The molecule has 0 fully saturated rings. The van der Waals surface area contributed by atoms with Crippen LogP contribution >= 0.6 is 11.8 Å². The third-order valence-corrected chi connectivity index (χ3v) is 5.42. The molecular weight excluding hydrogens is 306 g/mol. The van der Waals surface area contributed by atoms with Gasteiger partial charge < -0.3 is 5.73 Å². The number of aromatic nitrogens is 1. The van der Waals surface area contributed by atoms with Crippen molar-refractivity contribution < 1.29 is 8.42 Å². The molecule has 0 spiro atoms. The van der Waals surface area contributed by atoms with Gasteiger partial charge in [-0.15, -0.1) is 11.8 Å². The summed E-state index contributed by atoms with van der Waals surface area (Å²) in [7, 11) is -3.39. The standard InChI is InChI=1S/C14H17N3O2S2/c1-11-13(6-4-8-16-11)17-21(18,19)10-9-20-14-7-3-2-5-12(14)15/h2-8,17H,9-10,15H2,1H3. The van der Waals surface area contributed by atoms with E-state index in [-0.39, 0.29) is 5.75 Å². The van der Waals surface area contributed by atoms with Crippen LogP contribution in [0.25, 0.3) is 0 Å². The van der Waals surface area contributed by atoms with Gasteiger partial charge in [-0.25, -0.2) is 8.42 Å². The van der Waals surface area contributed by atoms with Gasteiger partial charge in [0.2, 0.25) is 10.0 Å². The van der Waals surface area contributed by atoms with Crippen molar-refractivity contribution in [3.8, 4) is 0 Å². The first kappa shape index (κ1) is 15.7. The van der Waals surface area contributed by atoms with E-state index in [1.807, 2.05) is 18.2 Å². The van der Waals surface area contributed by atoms with E-state index in [1.54, 1.807) is 31.3 Å². The number of nitrogens with zero attached hydrogens (tertiary/aromatic N) is 1. The van der Waals surface area contributed by atoms with Crippen molar-refractivity contribution in [2.75, 3.05) is 22.0 Å². The van der Waals surface area contributed by atoms with Crippen molar-refractivity contribution in [3.63, 3.8) is 0 Å². The van der Waals surface area contributed by atoms with E-state index in [0.29, 0.717) is 22.8 Å². The first-order valence-electron chi connectivity index (χ1n) is 6.37. The highest BCUT2D eigenvalue weighted by atomic mass is 32.2. The Morgan fingerprint density at radius 1 is 1.24 bits per heavy atom. The molecule has 0 aliphatic heterocycles.